The predicted octanol–water partition coefficient (Wildman–Crippen LogP) is 4.38. The molecule has 0 radical (unpaired) electrons. The highest BCUT2D eigenvalue weighted by molar-refractivity contribution is 5.85. The Bertz CT molecular complexity index is 706. The molecule has 0 aliphatic carbocycles. The summed E-state index contributed by atoms with van der Waals surface area (Å²) in [5, 5.41) is 0. The van der Waals surface area contributed by atoms with Gasteiger partial charge in [0.1, 0.15) is 17.3 Å². The topological polar surface area (TPSA) is 42.0 Å². The van der Waals surface area contributed by atoms with Crippen molar-refractivity contribution in [3.63, 3.8) is 0 Å². The number of ether oxygens (including phenoxy) is 2. The second-order valence-electron chi connectivity index (χ2n) is 6.40. The Balaban J connectivity index is 0.00000364. The molecule has 0 N–H and O–H groups in total. The molecule has 1 unspecified atom stereocenters. The van der Waals surface area contributed by atoms with Crippen molar-refractivity contribution in [1.82, 2.24) is 9.80 Å². The lowest BCUT2D eigenvalue weighted by Gasteiger charge is -2.25. The fourth-order valence-corrected chi connectivity index (χ4v) is 2.49. The zero-order valence-electron chi connectivity index (χ0n) is 16.0. The summed E-state index contributed by atoms with van der Waals surface area (Å²) in [5.41, 5.74) is 1.10. The summed E-state index contributed by atoms with van der Waals surface area (Å²) in [4.78, 5) is 15.1. The fraction of sp³-hybridized carbons (Fsp3) is 0.350. The number of carbonyl (C=O) groups excluding carboxylic acids is 1. The molecule has 0 aliphatic rings. The molecule has 0 aromatic heterocycles. The average Bonchev–Trinajstić information content (AvgIpc) is 2.61. The van der Waals surface area contributed by atoms with Crippen molar-refractivity contribution in [3.8, 4) is 11.5 Å². The Labute approximate surface area is 166 Å². The molecule has 1 atom stereocenters. The van der Waals surface area contributed by atoms with Gasteiger partial charge >= 0.3 is 6.09 Å². The normalized spacial score (nSPS) is 11.5. The zero-order chi connectivity index (χ0) is 19.1. The van der Waals surface area contributed by atoms with Gasteiger partial charge in [-0.3, -0.25) is 0 Å². The second-order valence-corrected chi connectivity index (χ2v) is 6.40. The zero-order valence-corrected chi connectivity index (χ0v) is 16.8. The molecular formula is C20H26ClFN2O3. The number of amides is 1. The second kappa shape index (κ2) is 10.7. The van der Waals surface area contributed by atoms with E-state index in [9.17, 15) is 9.18 Å². The molecule has 2 aromatic rings. The number of hydrogen-bond donors (Lipinski definition) is 0. The van der Waals surface area contributed by atoms with Gasteiger partial charge in [-0.05, 0) is 56.1 Å². The van der Waals surface area contributed by atoms with Gasteiger partial charge in [0.2, 0.25) is 0 Å². The van der Waals surface area contributed by atoms with Crippen LogP contribution in [0.25, 0.3) is 0 Å². The van der Waals surface area contributed by atoms with Crippen molar-refractivity contribution in [2.24, 2.45) is 0 Å². The summed E-state index contributed by atoms with van der Waals surface area (Å²) in [6.45, 7) is 0.506. The average molecular weight is 397 g/mol. The molecule has 0 saturated carbocycles. The highest BCUT2D eigenvalue weighted by Gasteiger charge is 2.15. The highest BCUT2D eigenvalue weighted by Crippen LogP contribution is 2.25. The van der Waals surface area contributed by atoms with Crippen LogP contribution in [0.3, 0.4) is 0 Å². The molecule has 0 bridgehead atoms. The fourth-order valence-electron chi connectivity index (χ4n) is 2.49. The summed E-state index contributed by atoms with van der Waals surface area (Å²) >= 11 is 0. The molecule has 2 rings (SSSR count). The van der Waals surface area contributed by atoms with Crippen molar-refractivity contribution in [2.75, 3.05) is 34.8 Å². The Hall–Kier alpha value is -2.31. The standard InChI is InChI=1S/C20H25FN2O3.ClH/c1-22(2)19(13-14-25-17-11-7-16(21)8-12-17)15-5-9-18(10-6-15)26-20(24)23(3)4;/h5-12,19H,13-14H2,1-4H3;1H. The van der Waals surface area contributed by atoms with Gasteiger partial charge in [-0.1, -0.05) is 12.1 Å². The number of nitrogens with zero attached hydrogens (tertiary/aromatic N) is 2. The van der Waals surface area contributed by atoms with Gasteiger partial charge in [0, 0.05) is 26.6 Å². The number of hydrogen-bond acceptors (Lipinski definition) is 4. The van der Waals surface area contributed by atoms with Gasteiger partial charge in [0.05, 0.1) is 6.61 Å². The van der Waals surface area contributed by atoms with Crippen LogP contribution in [-0.2, 0) is 0 Å². The van der Waals surface area contributed by atoms with Crippen LogP contribution >= 0.6 is 12.4 Å². The van der Waals surface area contributed by atoms with Crippen LogP contribution in [-0.4, -0.2) is 50.7 Å². The van der Waals surface area contributed by atoms with E-state index >= 15 is 0 Å². The highest BCUT2D eigenvalue weighted by atomic mass is 35.5. The number of halogens is 2. The van der Waals surface area contributed by atoms with Gasteiger partial charge < -0.3 is 19.3 Å². The van der Waals surface area contributed by atoms with Crippen molar-refractivity contribution in [1.29, 1.82) is 0 Å². The van der Waals surface area contributed by atoms with E-state index in [4.69, 9.17) is 9.47 Å². The van der Waals surface area contributed by atoms with Crippen LogP contribution in [0, 0.1) is 5.82 Å². The van der Waals surface area contributed by atoms with E-state index in [0.29, 0.717) is 18.1 Å². The minimum atomic E-state index is -0.408. The van der Waals surface area contributed by atoms with Gasteiger partial charge in [0.25, 0.3) is 0 Å². The monoisotopic (exact) mass is 396 g/mol. The molecule has 7 heteroatoms. The van der Waals surface area contributed by atoms with Gasteiger partial charge in [-0.2, -0.15) is 0 Å². The molecular weight excluding hydrogens is 371 g/mol. The Kier molecular flexibility index (Phi) is 9.05. The summed E-state index contributed by atoms with van der Waals surface area (Å²) in [7, 11) is 7.28. The Morgan fingerprint density at radius 1 is 0.963 bits per heavy atom. The first-order valence-electron chi connectivity index (χ1n) is 8.40. The lowest BCUT2D eigenvalue weighted by atomic mass is 10.0. The largest absolute Gasteiger partial charge is 0.494 e. The number of benzene rings is 2. The van der Waals surface area contributed by atoms with Gasteiger partial charge in [-0.25, -0.2) is 9.18 Å². The van der Waals surface area contributed by atoms with Crippen LogP contribution in [0.5, 0.6) is 11.5 Å². The predicted molar refractivity (Wildman–Crippen MR) is 106 cm³/mol. The van der Waals surface area contributed by atoms with E-state index in [0.717, 1.165) is 12.0 Å². The summed E-state index contributed by atoms with van der Waals surface area (Å²) in [6, 6.07) is 13.6. The minimum Gasteiger partial charge on any atom is -0.494 e. The maximum atomic E-state index is 12.9. The van der Waals surface area contributed by atoms with Crippen LogP contribution in [0.2, 0.25) is 0 Å². The van der Waals surface area contributed by atoms with Gasteiger partial charge in [0.15, 0.2) is 0 Å². The number of rotatable bonds is 7. The summed E-state index contributed by atoms with van der Waals surface area (Å²) < 4.78 is 23.9. The van der Waals surface area contributed by atoms with E-state index in [-0.39, 0.29) is 24.3 Å². The SMILES string of the molecule is CN(C)C(=O)Oc1ccc(C(CCOc2ccc(F)cc2)N(C)C)cc1.Cl. The van der Waals surface area contributed by atoms with Crippen LogP contribution < -0.4 is 9.47 Å². The van der Waals surface area contributed by atoms with Crippen LogP contribution in [0.4, 0.5) is 9.18 Å². The van der Waals surface area contributed by atoms with E-state index < -0.39 is 6.09 Å². The van der Waals surface area contributed by atoms with Crippen LogP contribution in [0.1, 0.15) is 18.0 Å². The van der Waals surface area contributed by atoms with Crippen molar-refractivity contribution < 1.29 is 18.7 Å². The molecule has 0 heterocycles. The Morgan fingerprint density at radius 3 is 2.04 bits per heavy atom. The molecule has 148 valence electrons. The molecule has 0 spiro atoms. The van der Waals surface area contributed by atoms with Crippen LogP contribution in [0.15, 0.2) is 48.5 Å². The molecule has 2 aromatic carbocycles. The first-order chi connectivity index (χ1) is 12.4. The summed E-state index contributed by atoms with van der Waals surface area (Å²) in [5.74, 6) is 0.876. The Morgan fingerprint density at radius 2 is 1.52 bits per heavy atom. The first-order valence-corrected chi connectivity index (χ1v) is 8.40. The molecule has 0 aliphatic heterocycles. The third-order valence-corrected chi connectivity index (χ3v) is 3.93. The lowest BCUT2D eigenvalue weighted by molar-refractivity contribution is 0.172. The minimum absolute atomic E-state index is 0. The van der Waals surface area contributed by atoms with E-state index in [2.05, 4.69) is 4.90 Å². The molecule has 1 amide bonds. The maximum absolute atomic E-state index is 12.9. The lowest BCUT2D eigenvalue weighted by Crippen LogP contribution is -2.25. The van der Waals surface area contributed by atoms with E-state index in [1.807, 2.05) is 26.2 Å². The van der Waals surface area contributed by atoms with Crippen molar-refractivity contribution in [3.05, 3.63) is 59.9 Å². The smallest absolute Gasteiger partial charge is 0.414 e. The van der Waals surface area contributed by atoms with E-state index in [1.165, 1.54) is 17.0 Å². The molecule has 27 heavy (non-hydrogen) atoms. The van der Waals surface area contributed by atoms with Gasteiger partial charge in [-0.15, -0.1) is 12.4 Å². The molecule has 0 saturated heterocycles. The quantitative estimate of drug-likeness (QED) is 0.696. The molecule has 0 fully saturated rings. The third-order valence-electron chi connectivity index (χ3n) is 3.93. The maximum Gasteiger partial charge on any atom is 0.414 e. The first kappa shape index (κ1) is 22.7. The van der Waals surface area contributed by atoms with Crippen molar-refractivity contribution >= 4 is 18.5 Å². The number of carbonyl (C=O) groups is 1. The van der Waals surface area contributed by atoms with Crippen molar-refractivity contribution in [2.45, 2.75) is 12.5 Å². The third kappa shape index (κ3) is 7.07. The summed E-state index contributed by atoms with van der Waals surface area (Å²) in [6.07, 6.45) is 0.357. The molecule has 5 nitrogen and oxygen atoms in total. The van der Waals surface area contributed by atoms with E-state index in [1.54, 1.807) is 38.4 Å².